The van der Waals surface area contributed by atoms with Crippen LogP contribution >= 0.6 is 0 Å². The molecule has 4 rings (SSSR count). The Morgan fingerprint density at radius 2 is 1.58 bits per heavy atom. The Bertz CT molecular complexity index is 1100. The number of nitrogens with zero attached hydrogens (tertiary/aromatic N) is 2. The molecule has 2 N–H and O–H groups in total. The zero-order valence-corrected chi connectivity index (χ0v) is 14.0. The molecule has 0 aliphatic carbocycles. The number of benzene rings is 3. The molecular formula is C22H17N3O. The highest BCUT2D eigenvalue weighted by Gasteiger charge is 2.12. The normalized spacial score (nSPS) is 11.2. The lowest BCUT2D eigenvalue weighted by Gasteiger charge is -2.07. The number of para-hydroxylation sites is 1. The Kier molecular flexibility index (Phi) is 4.07. The smallest absolute Gasteiger partial charge is 0.248 e. The van der Waals surface area contributed by atoms with Crippen LogP contribution in [0.15, 0.2) is 78.9 Å². The number of amides is 1. The van der Waals surface area contributed by atoms with Gasteiger partial charge in [-0.2, -0.15) is 0 Å². The van der Waals surface area contributed by atoms with Gasteiger partial charge in [0, 0.05) is 11.3 Å². The molecule has 0 saturated heterocycles. The summed E-state index contributed by atoms with van der Waals surface area (Å²) in [5.74, 6) is 0.333. The molecular weight excluding hydrogens is 322 g/mol. The van der Waals surface area contributed by atoms with Crippen LogP contribution in [0.4, 0.5) is 0 Å². The molecule has 0 bridgehead atoms. The predicted octanol–water partition coefficient (Wildman–Crippen LogP) is 4.29. The number of rotatable bonds is 4. The summed E-state index contributed by atoms with van der Waals surface area (Å²) in [6, 6.07) is 25.4. The summed E-state index contributed by atoms with van der Waals surface area (Å²) in [6.45, 7) is 0. The van der Waals surface area contributed by atoms with Crippen molar-refractivity contribution in [3.8, 4) is 5.69 Å². The second-order valence-electron chi connectivity index (χ2n) is 5.95. The number of hydrogen-bond acceptors (Lipinski definition) is 2. The van der Waals surface area contributed by atoms with Crippen molar-refractivity contribution >= 4 is 29.1 Å². The average Bonchev–Trinajstić information content (AvgIpc) is 3.05. The maximum absolute atomic E-state index is 11.5. The van der Waals surface area contributed by atoms with E-state index in [1.807, 2.05) is 78.9 Å². The summed E-state index contributed by atoms with van der Waals surface area (Å²) in [6.07, 6.45) is 4.00. The van der Waals surface area contributed by atoms with Gasteiger partial charge in [-0.1, -0.05) is 54.6 Å². The van der Waals surface area contributed by atoms with Crippen molar-refractivity contribution in [1.82, 2.24) is 9.55 Å². The van der Waals surface area contributed by atoms with Gasteiger partial charge in [-0.25, -0.2) is 4.98 Å². The van der Waals surface area contributed by atoms with Crippen molar-refractivity contribution in [3.05, 3.63) is 95.8 Å². The predicted molar refractivity (Wildman–Crippen MR) is 105 cm³/mol. The number of nitrogens with two attached hydrogens (primary N) is 1. The van der Waals surface area contributed by atoms with E-state index >= 15 is 0 Å². The minimum atomic E-state index is -0.456. The molecule has 4 nitrogen and oxygen atoms in total. The molecule has 26 heavy (non-hydrogen) atoms. The van der Waals surface area contributed by atoms with Crippen LogP contribution in [0.3, 0.4) is 0 Å². The molecule has 0 spiro atoms. The topological polar surface area (TPSA) is 60.9 Å². The Morgan fingerprint density at radius 1 is 0.885 bits per heavy atom. The molecule has 1 heterocycles. The monoisotopic (exact) mass is 339 g/mol. The van der Waals surface area contributed by atoms with Crippen LogP contribution in [0.25, 0.3) is 28.9 Å². The first kappa shape index (κ1) is 15.8. The molecule has 0 saturated carbocycles. The fraction of sp³-hybridized carbons (Fsp3) is 0. The highest BCUT2D eigenvalue weighted by molar-refractivity contribution is 5.97. The van der Waals surface area contributed by atoms with E-state index in [0.29, 0.717) is 5.56 Å². The van der Waals surface area contributed by atoms with E-state index in [1.165, 1.54) is 0 Å². The quantitative estimate of drug-likeness (QED) is 0.603. The van der Waals surface area contributed by atoms with Crippen LogP contribution in [0.2, 0.25) is 0 Å². The number of carbonyl (C=O) groups excluding carboxylic acids is 1. The fourth-order valence-electron chi connectivity index (χ4n) is 2.95. The summed E-state index contributed by atoms with van der Waals surface area (Å²) in [5.41, 5.74) is 9.62. The highest BCUT2D eigenvalue weighted by Crippen LogP contribution is 2.24. The SMILES string of the molecule is NC(=O)c1ccc2c(c1)nc(C=Cc1ccccc1)n2-c1ccccc1. The Balaban J connectivity index is 1.90. The first-order valence-corrected chi connectivity index (χ1v) is 8.33. The van der Waals surface area contributed by atoms with E-state index in [9.17, 15) is 4.79 Å². The molecule has 0 radical (unpaired) electrons. The van der Waals surface area contributed by atoms with Crippen molar-refractivity contribution in [2.45, 2.75) is 0 Å². The number of fused-ring (bicyclic) bond motifs is 1. The van der Waals surface area contributed by atoms with Gasteiger partial charge in [-0.3, -0.25) is 9.36 Å². The van der Waals surface area contributed by atoms with Crippen LogP contribution in [-0.4, -0.2) is 15.5 Å². The maximum atomic E-state index is 11.5. The third-order valence-electron chi connectivity index (χ3n) is 4.20. The van der Waals surface area contributed by atoms with Gasteiger partial charge in [-0.15, -0.1) is 0 Å². The molecule has 126 valence electrons. The molecule has 4 aromatic rings. The van der Waals surface area contributed by atoms with Crippen molar-refractivity contribution in [2.75, 3.05) is 0 Å². The van der Waals surface area contributed by atoms with Crippen LogP contribution in [0.1, 0.15) is 21.7 Å². The van der Waals surface area contributed by atoms with Gasteiger partial charge in [0.1, 0.15) is 5.82 Å². The lowest BCUT2D eigenvalue weighted by molar-refractivity contribution is 0.100. The summed E-state index contributed by atoms with van der Waals surface area (Å²) in [5, 5.41) is 0. The van der Waals surface area contributed by atoms with Crippen LogP contribution in [0.5, 0.6) is 0 Å². The van der Waals surface area contributed by atoms with Gasteiger partial charge in [0.2, 0.25) is 5.91 Å². The molecule has 1 aromatic heterocycles. The molecule has 0 aliphatic heterocycles. The van der Waals surface area contributed by atoms with E-state index < -0.39 is 5.91 Å². The van der Waals surface area contributed by atoms with Crippen molar-refractivity contribution in [2.24, 2.45) is 5.73 Å². The molecule has 0 unspecified atom stereocenters. The lowest BCUT2D eigenvalue weighted by atomic mass is 10.2. The second-order valence-corrected chi connectivity index (χ2v) is 5.95. The van der Waals surface area contributed by atoms with E-state index in [2.05, 4.69) is 4.57 Å². The zero-order valence-electron chi connectivity index (χ0n) is 14.0. The highest BCUT2D eigenvalue weighted by atomic mass is 16.1. The van der Waals surface area contributed by atoms with E-state index in [-0.39, 0.29) is 0 Å². The molecule has 3 aromatic carbocycles. The second kappa shape index (κ2) is 6.69. The maximum Gasteiger partial charge on any atom is 0.248 e. The number of carbonyl (C=O) groups is 1. The van der Waals surface area contributed by atoms with Crippen molar-refractivity contribution < 1.29 is 4.79 Å². The van der Waals surface area contributed by atoms with E-state index in [0.717, 1.165) is 28.1 Å². The molecule has 4 heteroatoms. The van der Waals surface area contributed by atoms with Crippen molar-refractivity contribution in [3.63, 3.8) is 0 Å². The number of primary amides is 1. The van der Waals surface area contributed by atoms with E-state index in [1.54, 1.807) is 12.1 Å². The average molecular weight is 339 g/mol. The Hall–Kier alpha value is -3.66. The minimum Gasteiger partial charge on any atom is -0.366 e. The summed E-state index contributed by atoms with van der Waals surface area (Å²) in [4.78, 5) is 16.2. The largest absolute Gasteiger partial charge is 0.366 e. The number of aromatic nitrogens is 2. The van der Waals surface area contributed by atoms with Crippen molar-refractivity contribution in [1.29, 1.82) is 0 Å². The third-order valence-corrected chi connectivity index (χ3v) is 4.20. The fourth-order valence-corrected chi connectivity index (χ4v) is 2.95. The van der Waals surface area contributed by atoms with Crippen LogP contribution in [-0.2, 0) is 0 Å². The van der Waals surface area contributed by atoms with Gasteiger partial charge in [-0.05, 0) is 42.0 Å². The number of imidazole rings is 1. The molecule has 0 fully saturated rings. The van der Waals surface area contributed by atoms with Gasteiger partial charge >= 0.3 is 0 Å². The molecule has 0 aliphatic rings. The van der Waals surface area contributed by atoms with Gasteiger partial charge < -0.3 is 5.73 Å². The Labute approximate surface area is 151 Å². The van der Waals surface area contributed by atoms with Gasteiger partial charge in [0.05, 0.1) is 11.0 Å². The Morgan fingerprint density at radius 3 is 2.27 bits per heavy atom. The summed E-state index contributed by atoms with van der Waals surface area (Å²) in [7, 11) is 0. The van der Waals surface area contributed by atoms with E-state index in [4.69, 9.17) is 10.7 Å². The molecule has 0 atom stereocenters. The first-order valence-electron chi connectivity index (χ1n) is 8.33. The molecule has 1 amide bonds. The summed E-state index contributed by atoms with van der Waals surface area (Å²) < 4.78 is 2.07. The van der Waals surface area contributed by atoms with Gasteiger partial charge in [0.15, 0.2) is 0 Å². The number of hydrogen-bond donors (Lipinski definition) is 1. The summed E-state index contributed by atoms with van der Waals surface area (Å²) >= 11 is 0. The lowest BCUT2D eigenvalue weighted by Crippen LogP contribution is -2.10. The van der Waals surface area contributed by atoms with Crippen LogP contribution < -0.4 is 5.73 Å². The van der Waals surface area contributed by atoms with Crippen LogP contribution in [0, 0.1) is 0 Å². The third kappa shape index (κ3) is 3.00. The minimum absolute atomic E-state index is 0.453. The first-order chi connectivity index (χ1) is 12.7. The van der Waals surface area contributed by atoms with Gasteiger partial charge in [0.25, 0.3) is 0 Å². The standard InChI is InChI=1S/C22H17N3O/c23-22(26)17-12-13-20-19(15-17)24-21(14-11-16-7-3-1-4-8-16)25(20)18-9-5-2-6-10-18/h1-15H,(H2,23,26). The zero-order chi connectivity index (χ0) is 17.9.